The van der Waals surface area contributed by atoms with Gasteiger partial charge in [0.05, 0.1) is 23.9 Å². The molecule has 7 heteroatoms. The number of nitriles is 1. The van der Waals surface area contributed by atoms with E-state index in [2.05, 4.69) is 38.8 Å². The van der Waals surface area contributed by atoms with Gasteiger partial charge in [0.25, 0.3) is 0 Å². The molecule has 2 aliphatic rings. The Labute approximate surface area is 187 Å². The van der Waals surface area contributed by atoms with Crippen molar-refractivity contribution in [3.05, 3.63) is 70.3 Å². The Hall–Kier alpha value is -2.88. The number of ether oxygens (including phenoxy) is 1. The number of benzene rings is 2. The molecular formula is C24H24ClN5O. The zero-order valence-electron chi connectivity index (χ0n) is 17.5. The van der Waals surface area contributed by atoms with Crippen LogP contribution in [-0.4, -0.2) is 32.8 Å². The summed E-state index contributed by atoms with van der Waals surface area (Å²) in [6.45, 7) is 1.58. The van der Waals surface area contributed by atoms with Crippen molar-refractivity contribution in [1.29, 1.82) is 5.26 Å². The fourth-order valence-electron chi connectivity index (χ4n) is 4.73. The third kappa shape index (κ3) is 3.91. The topological polar surface area (TPSA) is 67.0 Å². The van der Waals surface area contributed by atoms with Crippen LogP contribution in [0.25, 0.3) is 5.69 Å². The first-order valence-electron chi connectivity index (χ1n) is 10.7. The summed E-state index contributed by atoms with van der Waals surface area (Å²) >= 11 is 6.28. The van der Waals surface area contributed by atoms with Gasteiger partial charge in [0.2, 0.25) is 0 Å². The summed E-state index contributed by atoms with van der Waals surface area (Å²) in [5, 5.41) is 19.2. The fraction of sp³-hybridized carbons (Fsp3) is 0.375. The largest absolute Gasteiger partial charge is 0.489 e. The molecular weight excluding hydrogens is 410 g/mol. The highest BCUT2D eigenvalue weighted by atomic mass is 35.5. The van der Waals surface area contributed by atoms with Gasteiger partial charge in [-0.25, -0.2) is 0 Å². The molecule has 0 atom stereocenters. The lowest BCUT2D eigenvalue weighted by Crippen LogP contribution is -2.25. The predicted molar refractivity (Wildman–Crippen MR) is 118 cm³/mol. The van der Waals surface area contributed by atoms with Crippen molar-refractivity contribution in [2.45, 2.75) is 50.8 Å². The van der Waals surface area contributed by atoms with E-state index in [1.807, 2.05) is 30.3 Å². The monoisotopic (exact) mass is 433 g/mol. The molecule has 1 aliphatic carbocycles. The van der Waals surface area contributed by atoms with Crippen molar-refractivity contribution < 1.29 is 4.74 Å². The Morgan fingerprint density at radius 2 is 1.87 bits per heavy atom. The average molecular weight is 434 g/mol. The second kappa shape index (κ2) is 8.33. The molecule has 31 heavy (non-hydrogen) atoms. The van der Waals surface area contributed by atoms with E-state index in [1.54, 1.807) is 6.07 Å². The molecule has 1 aliphatic heterocycles. The van der Waals surface area contributed by atoms with Gasteiger partial charge in [-0.3, -0.25) is 9.47 Å². The first-order chi connectivity index (χ1) is 15.1. The van der Waals surface area contributed by atoms with Crippen molar-refractivity contribution in [2.24, 2.45) is 0 Å². The van der Waals surface area contributed by atoms with E-state index in [0.717, 1.165) is 61.1 Å². The summed E-state index contributed by atoms with van der Waals surface area (Å²) in [5.74, 6) is 3.02. The summed E-state index contributed by atoms with van der Waals surface area (Å²) in [6.07, 6.45) is 3.95. The van der Waals surface area contributed by atoms with Crippen LogP contribution >= 0.6 is 11.6 Å². The minimum Gasteiger partial charge on any atom is -0.489 e. The molecule has 3 aromatic rings. The van der Waals surface area contributed by atoms with E-state index in [-0.39, 0.29) is 6.10 Å². The van der Waals surface area contributed by atoms with Crippen LogP contribution in [0.1, 0.15) is 54.4 Å². The van der Waals surface area contributed by atoms with Crippen LogP contribution in [0.4, 0.5) is 0 Å². The Bertz CT molecular complexity index is 1140. The fourth-order valence-corrected chi connectivity index (χ4v) is 4.92. The van der Waals surface area contributed by atoms with Crippen LogP contribution in [-0.2, 0) is 13.1 Å². The third-order valence-corrected chi connectivity index (χ3v) is 6.46. The van der Waals surface area contributed by atoms with E-state index in [4.69, 9.17) is 16.3 Å². The van der Waals surface area contributed by atoms with E-state index >= 15 is 0 Å². The van der Waals surface area contributed by atoms with Gasteiger partial charge in [0.1, 0.15) is 17.6 Å². The van der Waals surface area contributed by atoms with Gasteiger partial charge >= 0.3 is 0 Å². The minimum atomic E-state index is 0.120. The summed E-state index contributed by atoms with van der Waals surface area (Å²) in [7, 11) is 2.09. The van der Waals surface area contributed by atoms with Crippen molar-refractivity contribution in [3.63, 3.8) is 0 Å². The van der Waals surface area contributed by atoms with Gasteiger partial charge in [-0.05, 0) is 68.6 Å². The summed E-state index contributed by atoms with van der Waals surface area (Å²) in [6, 6.07) is 15.7. The molecule has 2 aromatic carbocycles. The maximum Gasteiger partial charge on any atom is 0.151 e. The first kappa shape index (κ1) is 20.0. The molecule has 158 valence electrons. The Balaban J connectivity index is 1.37. The highest BCUT2D eigenvalue weighted by molar-refractivity contribution is 6.30. The van der Waals surface area contributed by atoms with Gasteiger partial charge in [-0.2, -0.15) is 5.26 Å². The Kier molecular flexibility index (Phi) is 5.39. The van der Waals surface area contributed by atoms with E-state index in [1.165, 1.54) is 5.56 Å². The highest BCUT2D eigenvalue weighted by Gasteiger charge is 2.30. The molecule has 0 bridgehead atoms. The number of aromatic nitrogens is 3. The number of hydrogen-bond donors (Lipinski definition) is 0. The van der Waals surface area contributed by atoms with Gasteiger partial charge in [0.15, 0.2) is 5.82 Å². The summed E-state index contributed by atoms with van der Waals surface area (Å²) < 4.78 is 8.41. The number of rotatable bonds is 3. The molecule has 6 nitrogen and oxygen atoms in total. The molecule has 0 saturated heterocycles. The number of nitrogens with zero attached hydrogens (tertiary/aromatic N) is 5. The van der Waals surface area contributed by atoms with Gasteiger partial charge in [-0.1, -0.05) is 23.7 Å². The van der Waals surface area contributed by atoms with Crippen molar-refractivity contribution in [1.82, 2.24) is 19.7 Å². The predicted octanol–water partition coefficient (Wildman–Crippen LogP) is 4.84. The summed E-state index contributed by atoms with van der Waals surface area (Å²) in [5.41, 5.74) is 2.91. The lowest BCUT2D eigenvalue weighted by atomic mass is 9.86. The molecule has 2 heterocycles. The third-order valence-electron chi connectivity index (χ3n) is 6.23. The normalized spacial score (nSPS) is 20.9. The number of halogens is 1. The van der Waals surface area contributed by atoms with E-state index in [9.17, 15) is 5.26 Å². The Morgan fingerprint density at radius 1 is 1.06 bits per heavy atom. The van der Waals surface area contributed by atoms with Crippen molar-refractivity contribution in [3.8, 4) is 17.5 Å². The van der Waals surface area contributed by atoms with E-state index in [0.29, 0.717) is 17.2 Å². The number of fused-ring (bicyclic) bond motifs is 3. The SMILES string of the molecule is CN1Cc2cc(Cl)ccc2-n2c(nnc2[C@H]2CC[C@H](Oc3ccccc3C#N)CC2)C1. The number of hydrogen-bond acceptors (Lipinski definition) is 5. The van der Waals surface area contributed by atoms with Crippen LogP contribution in [0, 0.1) is 11.3 Å². The molecule has 0 spiro atoms. The number of para-hydroxylation sites is 1. The lowest BCUT2D eigenvalue weighted by Gasteiger charge is -2.29. The minimum absolute atomic E-state index is 0.120. The lowest BCUT2D eigenvalue weighted by molar-refractivity contribution is 0.144. The molecule has 0 amide bonds. The smallest absolute Gasteiger partial charge is 0.151 e. The van der Waals surface area contributed by atoms with Crippen LogP contribution in [0.2, 0.25) is 5.02 Å². The van der Waals surface area contributed by atoms with Crippen LogP contribution in [0.3, 0.4) is 0 Å². The van der Waals surface area contributed by atoms with Crippen LogP contribution < -0.4 is 4.74 Å². The standard InChI is InChI=1S/C24H24ClN5O/c1-29-14-18-12-19(25)8-11-21(18)30-23(15-29)27-28-24(30)16-6-9-20(10-7-16)31-22-5-3-2-4-17(22)13-26/h2-5,8,11-12,16,20H,6-7,9-10,14-15H2,1H3/t16-,20-. The quantitative estimate of drug-likeness (QED) is 0.591. The second-order valence-electron chi connectivity index (χ2n) is 8.45. The highest BCUT2D eigenvalue weighted by Crippen LogP contribution is 2.37. The molecule has 1 fully saturated rings. The van der Waals surface area contributed by atoms with Crippen LogP contribution in [0.15, 0.2) is 42.5 Å². The maximum absolute atomic E-state index is 9.31. The zero-order valence-corrected chi connectivity index (χ0v) is 18.2. The molecule has 0 radical (unpaired) electrons. The van der Waals surface area contributed by atoms with Gasteiger partial charge in [0, 0.05) is 17.5 Å². The second-order valence-corrected chi connectivity index (χ2v) is 8.89. The van der Waals surface area contributed by atoms with E-state index < -0.39 is 0 Å². The molecule has 1 saturated carbocycles. The molecule has 0 unspecified atom stereocenters. The van der Waals surface area contributed by atoms with Crippen molar-refractivity contribution >= 4 is 11.6 Å². The zero-order chi connectivity index (χ0) is 21.4. The van der Waals surface area contributed by atoms with Gasteiger partial charge < -0.3 is 4.74 Å². The first-order valence-corrected chi connectivity index (χ1v) is 11.1. The summed E-state index contributed by atoms with van der Waals surface area (Å²) in [4.78, 5) is 2.24. The molecule has 5 rings (SSSR count). The maximum atomic E-state index is 9.31. The average Bonchev–Trinajstić information content (AvgIpc) is 3.12. The molecule has 0 N–H and O–H groups in total. The van der Waals surface area contributed by atoms with Crippen LogP contribution in [0.5, 0.6) is 5.75 Å². The van der Waals surface area contributed by atoms with Gasteiger partial charge in [-0.15, -0.1) is 10.2 Å². The van der Waals surface area contributed by atoms with Crippen molar-refractivity contribution in [2.75, 3.05) is 7.05 Å². The Morgan fingerprint density at radius 3 is 2.68 bits per heavy atom. The molecule has 1 aromatic heterocycles.